The molecule has 2 aromatic rings. The molecule has 0 aromatic heterocycles. The summed E-state index contributed by atoms with van der Waals surface area (Å²) in [7, 11) is 0. The molecule has 1 aliphatic heterocycles. The second-order valence-corrected chi connectivity index (χ2v) is 6.48. The van der Waals surface area contributed by atoms with Gasteiger partial charge in [0.25, 0.3) is 0 Å². The normalized spacial score (nSPS) is 15.5. The summed E-state index contributed by atoms with van der Waals surface area (Å²) in [6.45, 7) is 1.86. The van der Waals surface area contributed by atoms with E-state index in [9.17, 15) is 26.7 Å². The summed E-state index contributed by atoms with van der Waals surface area (Å²) in [5.74, 6) is -2.04. The monoisotopic (exact) mass is 399 g/mol. The van der Waals surface area contributed by atoms with E-state index in [4.69, 9.17) is 0 Å². The van der Waals surface area contributed by atoms with Gasteiger partial charge in [-0.3, -0.25) is 9.69 Å². The second-order valence-electron chi connectivity index (χ2n) is 6.48. The molecule has 1 N–H and O–H groups in total. The molecule has 1 amide bonds. The van der Waals surface area contributed by atoms with Gasteiger partial charge in [-0.2, -0.15) is 13.2 Å². The number of carbonyl (C=O) groups is 1. The van der Waals surface area contributed by atoms with Gasteiger partial charge in [-0.1, -0.05) is 6.07 Å². The zero-order valence-electron chi connectivity index (χ0n) is 14.8. The lowest BCUT2D eigenvalue weighted by Crippen LogP contribution is -2.48. The summed E-state index contributed by atoms with van der Waals surface area (Å²) in [6.07, 6.45) is -4.40. The van der Waals surface area contributed by atoms with Crippen LogP contribution in [0.3, 0.4) is 0 Å². The van der Waals surface area contributed by atoms with Crippen LogP contribution in [-0.2, 0) is 11.0 Å². The van der Waals surface area contributed by atoms with Gasteiger partial charge >= 0.3 is 6.18 Å². The number of piperazine rings is 1. The minimum Gasteiger partial charge on any atom is -0.369 e. The molecule has 150 valence electrons. The Hall–Kier alpha value is -2.68. The standard InChI is InChI=1S/C19H18F5N3O/c20-14-4-5-17(16(21)11-14)25-18(28)12-26-6-8-27(9-7-26)15-3-1-2-13(10-15)19(22,23)24/h1-5,10-11H,6-9,12H2,(H,25,28). The van der Waals surface area contributed by atoms with Crippen LogP contribution in [0.2, 0.25) is 0 Å². The zero-order chi connectivity index (χ0) is 20.3. The fourth-order valence-corrected chi connectivity index (χ4v) is 3.03. The lowest BCUT2D eigenvalue weighted by atomic mass is 10.1. The third kappa shape index (κ3) is 4.98. The van der Waals surface area contributed by atoms with Gasteiger partial charge in [-0.25, -0.2) is 8.78 Å². The van der Waals surface area contributed by atoms with Crippen LogP contribution in [0.1, 0.15) is 5.56 Å². The average Bonchev–Trinajstić information content (AvgIpc) is 2.64. The number of benzene rings is 2. The molecule has 2 aromatic carbocycles. The molecule has 0 spiro atoms. The van der Waals surface area contributed by atoms with Crippen LogP contribution in [0.5, 0.6) is 0 Å². The summed E-state index contributed by atoms with van der Waals surface area (Å²) >= 11 is 0. The van der Waals surface area contributed by atoms with Gasteiger partial charge in [-0.15, -0.1) is 0 Å². The highest BCUT2D eigenvalue weighted by molar-refractivity contribution is 5.92. The molecule has 4 nitrogen and oxygen atoms in total. The fourth-order valence-electron chi connectivity index (χ4n) is 3.03. The van der Waals surface area contributed by atoms with Crippen molar-refractivity contribution in [1.29, 1.82) is 0 Å². The van der Waals surface area contributed by atoms with Crippen molar-refractivity contribution in [3.8, 4) is 0 Å². The maximum absolute atomic E-state index is 13.6. The maximum atomic E-state index is 13.6. The number of hydrogen-bond donors (Lipinski definition) is 1. The Bertz CT molecular complexity index is 848. The van der Waals surface area contributed by atoms with Gasteiger partial charge in [-0.05, 0) is 30.3 Å². The van der Waals surface area contributed by atoms with Crippen molar-refractivity contribution in [2.45, 2.75) is 6.18 Å². The Kier molecular flexibility index (Phi) is 5.83. The third-order valence-corrected chi connectivity index (χ3v) is 4.48. The largest absolute Gasteiger partial charge is 0.416 e. The van der Waals surface area contributed by atoms with E-state index in [-0.39, 0.29) is 12.2 Å². The van der Waals surface area contributed by atoms with E-state index in [1.807, 2.05) is 9.80 Å². The van der Waals surface area contributed by atoms with Gasteiger partial charge in [0, 0.05) is 37.9 Å². The number of amides is 1. The van der Waals surface area contributed by atoms with Crippen molar-refractivity contribution < 1.29 is 26.7 Å². The van der Waals surface area contributed by atoms with Crippen LogP contribution in [0.15, 0.2) is 42.5 Å². The quantitative estimate of drug-likeness (QED) is 0.796. The summed E-state index contributed by atoms with van der Waals surface area (Å²) in [4.78, 5) is 15.7. The minimum atomic E-state index is -4.40. The molecule has 0 atom stereocenters. The molecule has 0 unspecified atom stereocenters. The molecule has 0 bridgehead atoms. The SMILES string of the molecule is O=C(CN1CCN(c2cccc(C(F)(F)F)c2)CC1)Nc1ccc(F)cc1F. The Morgan fingerprint density at radius 1 is 1.00 bits per heavy atom. The lowest BCUT2D eigenvalue weighted by molar-refractivity contribution is -0.137. The maximum Gasteiger partial charge on any atom is 0.416 e. The van der Waals surface area contributed by atoms with E-state index in [0.29, 0.717) is 37.9 Å². The van der Waals surface area contributed by atoms with Crippen LogP contribution in [-0.4, -0.2) is 43.5 Å². The van der Waals surface area contributed by atoms with Crippen molar-refractivity contribution in [3.63, 3.8) is 0 Å². The number of carbonyl (C=O) groups excluding carboxylic acids is 1. The van der Waals surface area contributed by atoms with Gasteiger partial charge in [0.15, 0.2) is 0 Å². The van der Waals surface area contributed by atoms with Crippen molar-refractivity contribution in [3.05, 3.63) is 59.7 Å². The van der Waals surface area contributed by atoms with Gasteiger partial charge in [0.05, 0.1) is 17.8 Å². The van der Waals surface area contributed by atoms with Gasteiger partial charge < -0.3 is 10.2 Å². The predicted octanol–water partition coefficient (Wildman–Crippen LogP) is 3.74. The van der Waals surface area contributed by atoms with E-state index in [1.54, 1.807) is 6.07 Å². The fraction of sp³-hybridized carbons (Fsp3) is 0.316. The molecule has 0 saturated carbocycles. The number of nitrogens with one attached hydrogen (secondary N) is 1. The predicted molar refractivity (Wildman–Crippen MR) is 95.1 cm³/mol. The number of nitrogens with zero attached hydrogens (tertiary/aromatic N) is 2. The van der Waals surface area contributed by atoms with Crippen molar-refractivity contribution in [2.24, 2.45) is 0 Å². The molecule has 9 heteroatoms. The molecule has 1 aliphatic rings. The molecule has 3 rings (SSSR count). The highest BCUT2D eigenvalue weighted by atomic mass is 19.4. The van der Waals surface area contributed by atoms with Crippen LogP contribution in [0.25, 0.3) is 0 Å². The lowest BCUT2D eigenvalue weighted by Gasteiger charge is -2.36. The molecular weight excluding hydrogens is 381 g/mol. The first-order valence-corrected chi connectivity index (χ1v) is 8.62. The number of halogens is 5. The zero-order valence-corrected chi connectivity index (χ0v) is 14.8. The molecular formula is C19H18F5N3O. The Labute approximate surface area is 158 Å². The number of hydrogen-bond acceptors (Lipinski definition) is 3. The van der Waals surface area contributed by atoms with E-state index in [1.165, 1.54) is 6.07 Å². The Morgan fingerprint density at radius 2 is 1.71 bits per heavy atom. The number of alkyl halides is 3. The average molecular weight is 399 g/mol. The smallest absolute Gasteiger partial charge is 0.369 e. The van der Waals surface area contributed by atoms with E-state index >= 15 is 0 Å². The van der Waals surface area contributed by atoms with Crippen LogP contribution < -0.4 is 10.2 Å². The first-order chi connectivity index (χ1) is 13.2. The molecule has 1 fully saturated rings. The first kappa shape index (κ1) is 20.1. The third-order valence-electron chi connectivity index (χ3n) is 4.48. The van der Waals surface area contributed by atoms with E-state index in [0.717, 1.165) is 24.3 Å². The Balaban J connectivity index is 1.53. The van der Waals surface area contributed by atoms with Crippen molar-refractivity contribution in [2.75, 3.05) is 42.9 Å². The summed E-state index contributed by atoms with van der Waals surface area (Å²) in [5, 5.41) is 2.39. The van der Waals surface area contributed by atoms with E-state index < -0.39 is 29.3 Å². The van der Waals surface area contributed by atoms with Crippen LogP contribution in [0.4, 0.5) is 33.3 Å². The molecule has 0 aliphatic carbocycles. The van der Waals surface area contributed by atoms with Crippen LogP contribution in [0, 0.1) is 11.6 Å². The summed E-state index contributed by atoms with van der Waals surface area (Å²) < 4.78 is 65.0. The number of rotatable bonds is 4. The number of anilines is 2. The highest BCUT2D eigenvalue weighted by Gasteiger charge is 2.31. The molecule has 1 saturated heterocycles. The minimum absolute atomic E-state index is 0.00719. The van der Waals surface area contributed by atoms with Crippen LogP contribution >= 0.6 is 0 Å². The molecule has 1 heterocycles. The molecule has 28 heavy (non-hydrogen) atoms. The van der Waals surface area contributed by atoms with Gasteiger partial charge in [0.1, 0.15) is 11.6 Å². The topological polar surface area (TPSA) is 35.6 Å². The Morgan fingerprint density at radius 3 is 2.36 bits per heavy atom. The first-order valence-electron chi connectivity index (χ1n) is 8.62. The van der Waals surface area contributed by atoms with Crippen molar-refractivity contribution in [1.82, 2.24) is 4.90 Å². The molecule has 0 radical (unpaired) electrons. The van der Waals surface area contributed by atoms with Gasteiger partial charge in [0.2, 0.25) is 5.91 Å². The second kappa shape index (κ2) is 8.14. The highest BCUT2D eigenvalue weighted by Crippen LogP contribution is 2.31. The van der Waals surface area contributed by atoms with Crippen molar-refractivity contribution >= 4 is 17.3 Å². The summed E-state index contributed by atoms with van der Waals surface area (Å²) in [5.41, 5.74) is -0.325. The van der Waals surface area contributed by atoms with E-state index in [2.05, 4.69) is 5.32 Å². The summed E-state index contributed by atoms with van der Waals surface area (Å²) in [6, 6.07) is 8.01.